The molecule has 0 unspecified atom stereocenters. The highest BCUT2D eigenvalue weighted by molar-refractivity contribution is 5.43. The fourth-order valence-electron chi connectivity index (χ4n) is 3.95. The van der Waals surface area contributed by atoms with Gasteiger partial charge in [-0.1, -0.05) is 0 Å². The molecule has 4 aromatic rings. The quantitative estimate of drug-likeness (QED) is 0.0743. The average Bonchev–Trinajstić information content (AvgIpc) is 3.02. The first kappa shape index (κ1) is 32.8. The maximum absolute atomic E-state index is 5.65. The van der Waals surface area contributed by atoms with E-state index in [9.17, 15) is 0 Å². The first-order chi connectivity index (χ1) is 21.0. The van der Waals surface area contributed by atoms with Crippen LogP contribution in [0.5, 0.6) is 23.0 Å². The van der Waals surface area contributed by atoms with Crippen molar-refractivity contribution in [1.29, 1.82) is 0 Å². The molecule has 0 saturated carbocycles. The minimum atomic E-state index is 0.714. The zero-order valence-electron chi connectivity index (χ0n) is 25.0. The summed E-state index contributed by atoms with van der Waals surface area (Å²) < 4.78 is 22.6. The second-order valence-electron chi connectivity index (χ2n) is 10.1. The maximum atomic E-state index is 5.65. The Morgan fingerprint density at radius 3 is 0.674 bits per heavy atom. The van der Waals surface area contributed by atoms with Crippen LogP contribution in [0.15, 0.2) is 97.1 Å². The van der Waals surface area contributed by atoms with Crippen molar-refractivity contribution >= 4 is 22.7 Å². The summed E-state index contributed by atoms with van der Waals surface area (Å²) in [5.41, 5.74) is 25.5. The lowest BCUT2D eigenvalue weighted by molar-refractivity contribution is 0.279. The van der Waals surface area contributed by atoms with Crippen molar-refractivity contribution in [2.75, 3.05) is 49.4 Å². The predicted molar refractivity (Wildman–Crippen MR) is 178 cm³/mol. The summed E-state index contributed by atoms with van der Waals surface area (Å²) in [6.07, 6.45) is 7.47. The van der Waals surface area contributed by atoms with E-state index in [4.69, 9.17) is 41.9 Å². The van der Waals surface area contributed by atoms with Crippen molar-refractivity contribution in [1.82, 2.24) is 0 Å². The maximum Gasteiger partial charge on any atom is 0.119 e. The molecule has 0 aliphatic heterocycles. The van der Waals surface area contributed by atoms with Gasteiger partial charge >= 0.3 is 0 Å². The van der Waals surface area contributed by atoms with E-state index < -0.39 is 0 Å². The van der Waals surface area contributed by atoms with E-state index in [-0.39, 0.29) is 0 Å². The number of benzene rings is 4. The third kappa shape index (κ3) is 14.6. The van der Waals surface area contributed by atoms with Crippen LogP contribution in [0, 0.1) is 0 Å². The molecule has 0 aliphatic carbocycles. The Kier molecular flexibility index (Phi) is 14.8. The number of unbranched alkanes of at least 4 members (excludes halogenated alkanes) is 5. The first-order valence-corrected chi connectivity index (χ1v) is 14.9. The van der Waals surface area contributed by atoms with Crippen molar-refractivity contribution in [3.8, 4) is 23.0 Å². The summed E-state index contributed by atoms with van der Waals surface area (Å²) in [6.45, 7) is 2.91. The van der Waals surface area contributed by atoms with Crippen LogP contribution in [-0.4, -0.2) is 26.4 Å². The lowest BCUT2D eigenvalue weighted by atomic mass is 10.2. The molecule has 0 aliphatic rings. The van der Waals surface area contributed by atoms with Crippen LogP contribution in [0.4, 0.5) is 22.7 Å². The minimum Gasteiger partial charge on any atom is -0.494 e. The van der Waals surface area contributed by atoms with Gasteiger partial charge in [-0.05, 0) is 142 Å². The fraction of sp³-hybridized carbons (Fsp3) is 0.314. The topological polar surface area (TPSA) is 141 Å². The third-order valence-corrected chi connectivity index (χ3v) is 6.42. The number of nitrogen functional groups attached to an aromatic ring is 4. The normalized spacial score (nSPS) is 10.3. The summed E-state index contributed by atoms with van der Waals surface area (Å²) in [7, 11) is 0. The van der Waals surface area contributed by atoms with E-state index in [2.05, 4.69) is 0 Å². The molecule has 0 atom stereocenters. The Labute approximate surface area is 255 Å². The van der Waals surface area contributed by atoms with Crippen LogP contribution in [0.1, 0.15) is 44.9 Å². The molecule has 0 fully saturated rings. The minimum absolute atomic E-state index is 0.714. The van der Waals surface area contributed by atoms with E-state index in [1.807, 2.05) is 97.1 Å². The molecular weight excluding hydrogens is 540 g/mol. The van der Waals surface area contributed by atoms with Gasteiger partial charge in [-0.2, -0.15) is 0 Å². The van der Waals surface area contributed by atoms with Gasteiger partial charge in [0.2, 0.25) is 0 Å². The van der Waals surface area contributed by atoms with Crippen LogP contribution in [0.3, 0.4) is 0 Å². The summed E-state index contributed by atoms with van der Waals surface area (Å²) >= 11 is 0. The number of anilines is 4. The SMILES string of the molecule is Nc1ccc(OCCCCCCOc2ccc(N)cc2)cc1.Nc1ccc(OCCCCCOc2ccc(N)cc2)cc1. The Morgan fingerprint density at radius 2 is 0.465 bits per heavy atom. The molecule has 0 spiro atoms. The van der Waals surface area contributed by atoms with Crippen LogP contribution in [0.25, 0.3) is 0 Å². The number of ether oxygens (including phenoxy) is 4. The van der Waals surface area contributed by atoms with E-state index in [0.717, 1.165) is 104 Å². The van der Waals surface area contributed by atoms with Gasteiger partial charge in [-0.25, -0.2) is 0 Å². The first-order valence-electron chi connectivity index (χ1n) is 14.9. The zero-order chi connectivity index (χ0) is 30.5. The highest BCUT2D eigenvalue weighted by atomic mass is 16.5. The highest BCUT2D eigenvalue weighted by Gasteiger charge is 1.98. The van der Waals surface area contributed by atoms with Gasteiger partial charge in [0.25, 0.3) is 0 Å². The molecule has 230 valence electrons. The molecule has 0 amide bonds. The van der Waals surface area contributed by atoms with Gasteiger partial charge in [0.05, 0.1) is 26.4 Å². The Hall–Kier alpha value is -4.72. The number of hydrogen-bond acceptors (Lipinski definition) is 8. The van der Waals surface area contributed by atoms with E-state index >= 15 is 0 Å². The second-order valence-corrected chi connectivity index (χ2v) is 10.1. The highest BCUT2D eigenvalue weighted by Crippen LogP contribution is 2.17. The zero-order valence-corrected chi connectivity index (χ0v) is 25.0. The fourth-order valence-corrected chi connectivity index (χ4v) is 3.95. The molecule has 0 bridgehead atoms. The standard InChI is InChI=1S/C18H24N2O2.C17H22N2O2/c19-15-5-9-17(10-6-15)21-13-3-1-2-4-14-22-18-11-7-16(20)8-12-18;18-14-4-8-16(9-5-14)20-12-2-1-3-13-21-17-10-6-15(19)7-11-17/h5-12H,1-4,13-14,19-20H2;4-11H,1-3,12-13,18-19H2. The molecule has 8 nitrogen and oxygen atoms in total. The van der Waals surface area contributed by atoms with Gasteiger partial charge in [0.1, 0.15) is 23.0 Å². The molecule has 0 saturated heterocycles. The van der Waals surface area contributed by atoms with Crippen molar-refractivity contribution in [3.63, 3.8) is 0 Å². The molecule has 0 radical (unpaired) electrons. The van der Waals surface area contributed by atoms with Gasteiger partial charge in [-0.3, -0.25) is 0 Å². The molecule has 4 rings (SSSR count). The Bertz CT molecular complexity index is 1160. The monoisotopic (exact) mass is 586 g/mol. The summed E-state index contributed by atoms with van der Waals surface area (Å²) in [5, 5.41) is 0. The smallest absolute Gasteiger partial charge is 0.119 e. The molecule has 0 aromatic heterocycles. The van der Waals surface area contributed by atoms with Crippen molar-refractivity contribution < 1.29 is 18.9 Å². The van der Waals surface area contributed by atoms with Crippen LogP contribution in [0.2, 0.25) is 0 Å². The Balaban J connectivity index is 0.000000236. The van der Waals surface area contributed by atoms with Crippen LogP contribution >= 0.6 is 0 Å². The second kappa shape index (κ2) is 19.4. The number of rotatable bonds is 17. The Morgan fingerprint density at radius 1 is 0.279 bits per heavy atom. The van der Waals surface area contributed by atoms with Gasteiger partial charge in [0.15, 0.2) is 0 Å². The lowest BCUT2D eigenvalue weighted by Crippen LogP contribution is -2.01. The summed E-state index contributed by atoms with van der Waals surface area (Å²) in [4.78, 5) is 0. The number of hydrogen-bond donors (Lipinski definition) is 4. The van der Waals surface area contributed by atoms with Crippen molar-refractivity contribution in [3.05, 3.63) is 97.1 Å². The van der Waals surface area contributed by atoms with E-state index in [1.165, 1.54) is 0 Å². The molecule has 43 heavy (non-hydrogen) atoms. The molecule has 8 N–H and O–H groups in total. The number of nitrogens with two attached hydrogens (primary N) is 4. The van der Waals surface area contributed by atoms with E-state index in [0.29, 0.717) is 13.2 Å². The molecule has 4 aromatic carbocycles. The predicted octanol–water partition coefficient (Wildman–Crippen LogP) is 7.35. The largest absolute Gasteiger partial charge is 0.494 e. The summed E-state index contributed by atoms with van der Waals surface area (Å²) in [5.74, 6) is 3.48. The molecule has 0 heterocycles. The molecule has 8 heteroatoms. The van der Waals surface area contributed by atoms with Crippen molar-refractivity contribution in [2.24, 2.45) is 0 Å². The van der Waals surface area contributed by atoms with Gasteiger partial charge in [-0.15, -0.1) is 0 Å². The molecular formula is C35H46N4O4. The third-order valence-electron chi connectivity index (χ3n) is 6.42. The van der Waals surface area contributed by atoms with Crippen molar-refractivity contribution in [2.45, 2.75) is 44.9 Å². The average molecular weight is 587 g/mol. The van der Waals surface area contributed by atoms with Crippen LogP contribution < -0.4 is 41.9 Å². The summed E-state index contributed by atoms with van der Waals surface area (Å²) in [6, 6.07) is 29.9. The van der Waals surface area contributed by atoms with Gasteiger partial charge in [0, 0.05) is 22.7 Å². The van der Waals surface area contributed by atoms with Gasteiger partial charge < -0.3 is 41.9 Å². The van der Waals surface area contributed by atoms with Crippen LogP contribution in [-0.2, 0) is 0 Å². The van der Waals surface area contributed by atoms with E-state index in [1.54, 1.807) is 0 Å². The lowest BCUT2D eigenvalue weighted by Gasteiger charge is -2.08.